The smallest absolute Gasteiger partial charge is 0.0615 e. The Bertz CT molecular complexity index is 195. The van der Waals surface area contributed by atoms with Gasteiger partial charge < -0.3 is 10.1 Å². The predicted octanol–water partition coefficient (Wildman–Crippen LogP) is 2.26. The van der Waals surface area contributed by atoms with E-state index in [1.165, 1.54) is 25.7 Å². The Balaban J connectivity index is 2.43. The van der Waals surface area contributed by atoms with Crippen LogP contribution in [0.2, 0.25) is 0 Å². The summed E-state index contributed by atoms with van der Waals surface area (Å²) in [5, 5.41) is 3.67. The number of nitrogens with zero attached hydrogens (tertiary/aromatic N) is 1. The first-order chi connectivity index (χ1) is 8.22. The summed E-state index contributed by atoms with van der Waals surface area (Å²) < 4.78 is 5.29. The van der Waals surface area contributed by atoms with Crippen LogP contribution in [-0.4, -0.2) is 49.8 Å². The summed E-state index contributed by atoms with van der Waals surface area (Å²) in [6, 6.07) is 1.99. The van der Waals surface area contributed by atoms with Crippen molar-refractivity contribution in [3.8, 4) is 0 Å². The van der Waals surface area contributed by atoms with Crippen LogP contribution in [0.3, 0.4) is 0 Å². The lowest BCUT2D eigenvalue weighted by Crippen LogP contribution is -2.48. The number of ether oxygens (including phenoxy) is 1. The summed E-state index contributed by atoms with van der Waals surface area (Å²) in [6.07, 6.45) is 5.28. The van der Waals surface area contributed by atoms with Gasteiger partial charge in [0.25, 0.3) is 0 Å². The van der Waals surface area contributed by atoms with Gasteiger partial charge in [-0.15, -0.1) is 0 Å². The van der Waals surface area contributed by atoms with Crippen LogP contribution in [0, 0.1) is 0 Å². The van der Waals surface area contributed by atoms with Gasteiger partial charge in [0.2, 0.25) is 0 Å². The molecule has 1 N–H and O–H groups in total. The quantitative estimate of drug-likeness (QED) is 0.636. The van der Waals surface area contributed by atoms with Crippen molar-refractivity contribution in [3.05, 3.63) is 0 Å². The third-order valence-corrected chi connectivity index (χ3v) is 3.65. The van der Waals surface area contributed by atoms with Crippen LogP contribution >= 0.6 is 0 Å². The molecule has 2 atom stereocenters. The third-order valence-electron chi connectivity index (χ3n) is 3.65. The van der Waals surface area contributed by atoms with Gasteiger partial charge in [-0.05, 0) is 32.7 Å². The second kappa shape index (κ2) is 8.06. The van der Waals surface area contributed by atoms with Crippen molar-refractivity contribution in [2.45, 2.75) is 64.6 Å². The molecular weight excluding hydrogens is 212 g/mol. The second-order valence-corrected chi connectivity index (χ2v) is 5.26. The maximum Gasteiger partial charge on any atom is 0.0615 e. The molecule has 0 spiro atoms. The van der Waals surface area contributed by atoms with Crippen molar-refractivity contribution >= 4 is 0 Å². The first-order valence-electron chi connectivity index (χ1n) is 7.20. The predicted molar refractivity (Wildman–Crippen MR) is 73.4 cm³/mol. The van der Waals surface area contributed by atoms with Crippen molar-refractivity contribution in [3.63, 3.8) is 0 Å². The maximum atomic E-state index is 5.29. The highest BCUT2D eigenvalue weighted by atomic mass is 16.5. The molecule has 17 heavy (non-hydrogen) atoms. The Morgan fingerprint density at radius 1 is 1.35 bits per heavy atom. The number of nitrogens with one attached hydrogen (secondary N) is 1. The van der Waals surface area contributed by atoms with Crippen LogP contribution in [0.25, 0.3) is 0 Å². The molecule has 0 aromatic heterocycles. The van der Waals surface area contributed by atoms with E-state index in [1.54, 1.807) is 7.11 Å². The van der Waals surface area contributed by atoms with Crippen LogP contribution in [-0.2, 0) is 4.74 Å². The molecule has 1 fully saturated rings. The van der Waals surface area contributed by atoms with E-state index >= 15 is 0 Å². The minimum atomic E-state index is 0.516. The van der Waals surface area contributed by atoms with Gasteiger partial charge in [-0.3, -0.25) is 4.90 Å². The van der Waals surface area contributed by atoms with Crippen molar-refractivity contribution in [2.75, 3.05) is 26.8 Å². The largest absolute Gasteiger partial charge is 0.383 e. The Kier molecular flexibility index (Phi) is 7.09. The number of rotatable bonds is 10. The normalized spacial score (nSPS) is 19.6. The highest BCUT2D eigenvalue weighted by Crippen LogP contribution is 2.19. The Hall–Kier alpha value is -0.120. The molecule has 1 aliphatic carbocycles. The van der Waals surface area contributed by atoms with Gasteiger partial charge in [0.1, 0.15) is 0 Å². The zero-order valence-corrected chi connectivity index (χ0v) is 12.0. The maximum absolute atomic E-state index is 5.29. The lowest BCUT2D eigenvalue weighted by molar-refractivity contribution is 0.0692. The summed E-state index contributed by atoms with van der Waals surface area (Å²) in [4.78, 5) is 2.59. The number of hydrogen-bond acceptors (Lipinski definition) is 3. The van der Waals surface area contributed by atoms with Gasteiger partial charge in [0.15, 0.2) is 0 Å². The first kappa shape index (κ1) is 14.9. The van der Waals surface area contributed by atoms with Gasteiger partial charge in [0.05, 0.1) is 6.61 Å². The van der Waals surface area contributed by atoms with Gasteiger partial charge in [0, 0.05) is 31.8 Å². The summed E-state index contributed by atoms with van der Waals surface area (Å²) >= 11 is 0. The van der Waals surface area contributed by atoms with Gasteiger partial charge in [-0.2, -0.15) is 0 Å². The van der Waals surface area contributed by atoms with E-state index in [-0.39, 0.29) is 0 Å². The van der Waals surface area contributed by atoms with E-state index in [9.17, 15) is 0 Å². The van der Waals surface area contributed by atoms with Gasteiger partial charge >= 0.3 is 0 Å². The number of methoxy groups -OCH3 is 1. The molecule has 2 unspecified atom stereocenters. The third kappa shape index (κ3) is 5.36. The average Bonchev–Trinajstić information content (AvgIpc) is 3.11. The van der Waals surface area contributed by atoms with Crippen LogP contribution < -0.4 is 5.32 Å². The SMILES string of the molecule is CCCC(CNC1CC1)N(CC)C(C)COC. The fourth-order valence-electron chi connectivity index (χ4n) is 2.58. The lowest BCUT2D eigenvalue weighted by atomic mass is 10.1. The molecular formula is C14H30N2O. The highest BCUT2D eigenvalue weighted by molar-refractivity contribution is 4.85. The van der Waals surface area contributed by atoms with E-state index in [1.807, 2.05) is 0 Å². The van der Waals surface area contributed by atoms with Crippen molar-refractivity contribution < 1.29 is 4.74 Å². The molecule has 1 rings (SSSR count). The molecule has 1 aliphatic rings. The monoisotopic (exact) mass is 242 g/mol. The molecule has 0 heterocycles. The minimum absolute atomic E-state index is 0.516. The molecule has 0 amide bonds. The summed E-state index contributed by atoms with van der Waals surface area (Å²) in [7, 11) is 1.79. The molecule has 0 aliphatic heterocycles. The molecule has 0 bridgehead atoms. The molecule has 1 saturated carbocycles. The Morgan fingerprint density at radius 3 is 2.53 bits per heavy atom. The van der Waals surface area contributed by atoms with E-state index in [0.717, 1.165) is 25.7 Å². The minimum Gasteiger partial charge on any atom is -0.383 e. The molecule has 3 heteroatoms. The van der Waals surface area contributed by atoms with Crippen LogP contribution in [0.15, 0.2) is 0 Å². The average molecular weight is 242 g/mol. The van der Waals surface area contributed by atoms with E-state index in [2.05, 4.69) is 31.0 Å². The Morgan fingerprint density at radius 2 is 2.06 bits per heavy atom. The zero-order chi connectivity index (χ0) is 12.7. The topological polar surface area (TPSA) is 24.5 Å². The fraction of sp³-hybridized carbons (Fsp3) is 1.00. The number of hydrogen-bond donors (Lipinski definition) is 1. The molecule has 102 valence electrons. The lowest BCUT2D eigenvalue weighted by Gasteiger charge is -2.35. The Labute approximate surface area is 107 Å². The van der Waals surface area contributed by atoms with Crippen molar-refractivity contribution in [1.82, 2.24) is 10.2 Å². The molecule has 0 saturated heterocycles. The number of likely N-dealkylation sites (N-methyl/N-ethyl adjacent to an activating group) is 1. The van der Waals surface area contributed by atoms with Gasteiger partial charge in [-0.25, -0.2) is 0 Å². The summed E-state index contributed by atoms with van der Waals surface area (Å²) in [5.41, 5.74) is 0. The zero-order valence-electron chi connectivity index (χ0n) is 12.0. The summed E-state index contributed by atoms with van der Waals surface area (Å²) in [6.45, 7) is 9.89. The van der Waals surface area contributed by atoms with Crippen LogP contribution in [0.1, 0.15) is 46.5 Å². The molecule has 0 aromatic carbocycles. The van der Waals surface area contributed by atoms with Crippen molar-refractivity contribution in [1.29, 1.82) is 0 Å². The van der Waals surface area contributed by atoms with Crippen LogP contribution in [0.5, 0.6) is 0 Å². The van der Waals surface area contributed by atoms with E-state index in [4.69, 9.17) is 4.74 Å². The van der Waals surface area contributed by atoms with E-state index < -0.39 is 0 Å². The molecule has 3 nitrogen and oxygen atoms in total. The van der Waals surface area contributed by atoms with E-state index in [0.29, 0.717) is 12.1 Å². The second-order valence-electron chi connectivity index (χ2n) is 5.26. The highest BCUT2D eigenvalue weighted by Gasteiger charge is 2.25. The molecule has 0 aromatic rings. The molecule has 0 radical (unpaired) electrons. The first-order valence-corrected chi connectivity index (χ1v) is 7.20. The summed E-state index contributed by atoms with van der Waals surface area (Å²) in [5.74, 6) is 0. The van der Waals surface area contributed by atoms with Crippen LogP contribution in [0.4, 0.5) is 0 Å². The van der Waals surface area contributed by atoms with Gasteiger partial charge in [-0.1, -0.05) is 20.3 Å². The van der Waals surface area contributed by atoms with Crippen molar-refractivity contribution in [2.24, 2.45) is 0 Å². The standard InChI is InChI=1S/C14H30N2O/c1-5-7-14(10-15-13-8-9-13)16(6-2)12(3)11-17-4/h12-15H,5-11H2,1-4H3. The fourth-order valence-corrected chi connectivity index (χ4v) is 2.58.